The number of ether oxygens (including phenoxy) is 2. The maximum absolute atomic E-state index is 13.2. The average Bonchev–Trinajstić information content (AvgIpc) is 2.50. The molecule has 1 saturated heterocycles. The predicted molar refractivity (Wildman–Crippen MR) is 77.2 cm³/mol. The number of carbonyl (C=O) groups excluding carboxylic acids is 1. The van der Waals surface area contributed by atoms with E-state index in [-0.39, 0.29) is 17.3 Å². The van der Waals surface area contributed by atoms with Crippen LogP contribution < -0.4 is 4.74 Å². The van der Waals surface area contributed by atoms with E-state index in [1.165, 1.54) is 31.4 Å². The van der Waals surface area contributed by atoms with Gasteiger partial charge in [0, 0.05) is 12.8 Å². The SMILES string of the molecule is O=Cc1cc(F)ccc1OC1CCOC2(CCCCC2)C1. The number of rotatable bonds is 3. The smallest absolute Gasteiger partial charge is 0.153 e. The van der Waals surface area contributed by atoms with Crippen molar-refractivity contribution in [3.63, 3.8) is 0 Å². The summed E-state index contributed by atoms with van der Waals surface area (Å²) in [6, 6.07) is 4.10. The number of halogens is 1. The van der Waals surface area contributed by atoms with Crippen LogP contribution in [-0.4, -0.2) is 24.6 Å². The molecule has 1 aromatic rings. The fourth-order valence-corrected chi connectivity index (χ4v) is 3.53. The average molecular weight is 292 g/mol. The fourth-order valence-electron chi connectivity index (χ4n) is 3.53. The second-order valence-electron chi connectivity index (χ2n) is 6.12. The third-order valence-corrected chi connectivity index (χ3v) is 4.60. The molecule has 1 aliphatic carbocycles. The molecule has 114 valence electrons. The van der Waals surface area contributed by atoms with E-state index in [4.69, 9.17) is 9.47 Å². The van der Waals surface area contributed by atoms with Crippen molar-refractivity contribution < 1.29 is 18.7 Å². The predicted octanol–water partition coefficient (Wildman–Crippen LogP) is 3.90. The van der Waals surface area contributed by atoms with E-state index in [1.807, 2.05) is 0 Å². The zero-order chi connectivity index (χ0) is 14.7. The van der Waals surface area contributed by atoms with Gasteiger partial charge < -0.3 is 9.47 Å². The summed E-state index contributed by atoms with van der Waals surface area (Å²) in [5.74, 6) is 0.0597. The van der Waals surface area contributed by atoms with Crippen LogP contribution in [0.15, 0.2) is 18.2 Å². The minimum Gasteiger partial charge on any atom is -0.489 e. The molecule has 3 nitrogen and oxygen atoms in total. The minimum absolute atomic E-state index is 0.0391. The van der Waals surface area contributed by atoms with Crippen molar-refractivity contribution >= 4 is 6.29 Å². The fraction of sp³-hybridized carbons (Fsp3) is 0.588. The van der Waals surface area contributed by atoms with Crippen LogP contribution in [0.3, 0.4) is 0 Å². The van der Waals surface area contributed by atoms with Crippen LogP contribution in [0.1, 0.15) is 55.3 Å². The third kappa shape index (κ3) is 3.26. The molecule has 0 radical (unpaired) electrons. The van der Waals surface area contributed by atoms with E-state index in [0.29, 0.717) is 18.6 Å². The lowest BCUT2D eigenvalue weighted by Gasteiger charge is -2.43. The molecule has 1 unspecified atom stereocenters. The monoisotopic (exact) mass is 292 g/mol. The Labute approximate surface area is 124 Å². The molecular formula is C17H21FO3. The van der Waals surface area contributed by atoms with Crippen molar-refractivity contribution in [3.05, 3.63) is 29.6 Å². The molecule has 1 aromatic carbocycles. The molecular weight excluding hydrogens is 271 g/mol. The normalized spacial score (nSPS) is 24.7. The van der Waals surface area contributed by atoms with Gasteiger partial charge in [-0.3, -0.25) is 4.79 Å². The minimum atomic E-state index is -0.417. The summed E-state index contributed by atoms with van der Waals surface area (Å²) in [7, 11) is 0. The molecule has 2 fully saturated rings. The Morgan fingerprint density at radius 3 is 2.86 bits per heavy atom. The van der Waals surface area contributed by atoms with Crippen LogP contribution in [-0.2, 0) is 4.74 Å². The van der Waals surface area contributed by atoms with E-state index in [9.17, 15) is 9.18 Å². The zero-order valence-electron chi connectivity index (χ0n) is 12.1. The van der Waals surface area contributed by atoms with Gasteiger partial charge in [-0.25, -0.2) is 4.39 Å². The van der Waals surface area contributed by atoms with Crippen molar-refractivity contribution in [3.8, 4) is 5.75 Å². The summed E-state index contributed by atoms with van der Waals surface area (Å²) < 4.78 is 25.2. The molecule has 0 bridgehead atoms. The van der Waals surface area contributed by atoms with Crippen LogP contribution in [0, 0.1) is 5.82 Å². The molecule has 1 atom stereocenters. The highest BCUT2D eigenvalue weighted by atomic mass is 19.1. The summed E-state index contributed by atoms with van der Waals surface area (Å²) in [6.45, 7) is 0.697. The van der Waals surface area contributed by atoms with Gasteiger partial charge in [-0.2, -0.15) is 0 Å². The second-order valence-corrected chi connectivity index (χ2v) is 6.12. The number of aldehydes is 1. The van der Waals surface area contributed by atoms with Crippen LogP contribution in [0.4, 0.5) is 4.39 Å². The van der Waals surface area contributed by atoms with E-state index in [0.717, 1.165) is 25.7 Å². The van der Waals surface area contributed by atoms with Gasteiger partial charge >= 0.3 is 0 Å². The Balaban J connectivity index is 1.71. The number of hydrogen-bond donors (Lipinski definition) is 0. The van der Waals surface area contributed by atoms with Crippen LogP contribution in [0.5, 0.6) is 5.75 Å². The summed E-state index contributed by atoms with van der Waals surface area (Å²) in [5, 5.41) is 0. The molecule has 1 saturated carbocycles. The molecule has 0 amide bonds. The van der Waals surface area contributed by atoms with Crippen molar-refractivity contribution in [2.75, 3.05) is 6.61 Å². The lowest BCUT2D eigenvalue weighted by atomic mass is 9.79. The van der Waals surface area contributed by atoms with Crippen molar-refractivity contribution in [1.82, 2.24) is 0 Å². The molecule has 0 N–H and O–H groups in total. The number of carbonyl (C=O) groups is 1. The van der Waals surface area contributed by atoms with Gasteiger partial charge in [0.15, 0.2) is 6.29 Å². The van der Waals surface area contributed by atoms with Crippen molar-refractivity contribution in [2.24, 2.45) is 0 Å². The Morgan fingerprint density at radius 1 is 1.29 bits per heavy atom. The molecule has 1 spiro atoms. The van der Waals surface area contributed by atoms with Crippen molar-refractivity contribution in [1.29, 1.82) is 0 Å². The van der Waals surface area contributed by atoms with E-state index in [2.05, 4.69) is 0 Å². The van der Waals surface area contributed by atoms with Gasteiger partial charge in [0.2, 0.25) is 0 Å². The van der Waals surface area contributed by atoms with Gasteiger partial charge in [-0.15, -0.1) is 0 Å². The first-order valence-corrected chi connectivity index (χ1v) is 7.76. The summed E-state index contributed by atoms with van der Waals surface area (Å²) in [4.78, 5) is 11.0. The molecule has 1 aliphatic heterocycles. The number of hydrogen-bond acceptors (Lipinski definition) is 3. The van der Waals surface area contributed by atoms with E-state index < -0.39 is 5.82 Å². The highest BCUT2D eigenvalue weighted by Gasteiger charge is 2.39. The lowest BCUT2D eigenvalue weighted by Crippen LogP contribution is -2.45. The molecule has 2 aliphatic rings. The Hall–Kier alpha value is -1.42. The lowest BCUT2D eigenvalue weighted by molar-refractivity contribution is -0.129. The highest BCUT2D eigenvalue weighted by Crippen LogP contribution is 2.39. The zero-order valence-corrected chi connectivity index (χ0v) is 12.1. The van der Waals surface area contributed by atoms with Gasteiger partial charge in [0.05, 0.1) is 17.8 Å². The Bertz CT molecular complexity index is 503. The number of benzene rings is 1. The molecule has 1 heterocycles. The maximum Gasteiger partial charge on any atom is 0.153 e. The van der Waals surface area contributed by atoms with E-state index in [1.54, 1.807) is 6.07 Å². The van der Waals surface area contributed by atoms with Crippen LogP contribution >= 0.6 is 0 Å². The van der Waals surface area contributed by atoms with Crippen LogP contribution in [0.2, 0.25) is 0 Å². The molecule has 4 heteroatoms. The summed E-state index contributed by atoms with van der Waals surface area (Å²) >= 11 is 0. The first-order valence-electron chi connectivity index (χ1n) is 7.76. The van der Waals surface area contributed by atoms with E-state index >= 15 is 0 Å². The molecule has 3 rings (SSSR count). The standard InChI is InChI=1S/C17H21FO3/c18-14-4-5-16(13(10-14)12-19)21-15-6-9-20-17(11-15)7-2-1-3-8-17/h4-5,10,12,15H,1-3,6-9,11H2. The third-order valence-electron chi connectivity index (χ3n) is 4.60. The maximum atomic E-state index is 13.2. The van der Waals surface area contributed by atoms with Gasteiger partial charge in [-0.1, -0.05) is 19.3 Å². The van der Waals surface area contributed by atoms with Crippen LogP contribution in [0.25, 0.3) is 0 Å². The summed E-state index contributed by atoms with van der Waals surface area (Å²) in [5.41, 5.74) is 0.238. The first-order chi connectivity index (χ1) is 10.2. The van der Waals surface area contributed by atoms with Gasteiger partial charge in [-0.05, 0) is 31.0 Å². The van der Waals surface area contributed by atoms with Crippen molar-refractivity contribution in [2.45, 2.75) is 56.7 Å². The van der Waals surface area contributed by atoms with Gasteiger partial charge in [0.25, 0.3) is 0 Å². The first kappa shape index (κ1) is 14.5. The largest absolute Gasteiger partial charge is 0.489 e. The highest BCUT2D eigenvalue weighted by molar-refractivity contribution is 5.79. The topological polar surface area (TPSA) is 35.5 Å². The Kier molecular flexibility index (Phi) is 4.24. The van der Waals surface area contributed by atoms with Gasteiger partial charge in [0.1, 0.15) is 17.7 Å². The Morgan fingerprint density at radius 2 is 2.10 bits per heavy atom. The summed E-state index contributed by atoms with van der Waals surface area (Å²) in [6.07, 6.45) is 8.26. The quantitative estimate of drug-likeness (QED) is 0.793. The molecule has 0 aromatic heterocycles. The second kappa shape index (κ2) is 6.14. The molecule has 21 heavy (non-hydrogen) atoms.